The van der Waals surface area contributed by atoms with Gasteiger partial charge in [0.05, 0.1) is 29.2 Å². The summed E-state index contributed by atoms with van der Waals surface area (Å²) in [4.78, 5) is 42.8. The van der Waals surface area contributed by atoms with Crippen molar-refractivity contribution in [2.45, 2.75) is 53.6 Å². The number of nitrogens with zero attached hydrogens (tertiary/aromatic N) is 1. The molecule has 5 rings (SSSR count). The summed E-state index contributed by atoms with van der Waals surface area (Å²) in [5, 5.41) is 18.2. The lowest BCUT2D eigenvalue weighted by Gasteiger charge is -2.37. The van der Waals surface area contributed by atoms with E-state index in [0.29, 0.717) is 18.5 Å². The fourth-order valence-electron chi connectivity index (χ4n) is 6.52. The second kappa shape index (κ2) is 9.65. The van der Waals surface area contributed by atoms with Crippen LogP contribution >= 0.6 is 27.7 Å². The average molecular weight is 575 g/mol. The van der Waals surface area contributed by atoms with Crippen molar-refractivity contribution in [3.8, 4) is 0 Å². The molecule has 2 bridgehead atoms. The Bertz CT molecular complexity index is 1210. The summed E-state index contributed by atoms with van der Waals surface area (Å²) in [6.07, 6.45) is 1.18. The average Bonchev–Trinajstić information content (AvgIpc) is 3.45. The van der Waals surface area contributed by atoms with Gasteiger partial charge in [-0.25, -0.2) is 0 Å². The van der Waals surface area contributed by atoms with Crippen LogP contribution in [0, 0.1) is 17.8 Å². The second-order valence-electron chi connectivity index (χ2n) is 10.5. The van der Waals surface area contributed by atoms with Gasteiger partial charge in [-0.2, -0.15) is 0 Å². The van der Waals surface area contributed by atoms with Crippen LogP contribution in [0.2, 0.25) is 0 Å². The number of nitrogens with one attached hydrogen (secondary N) is 2. The van der Waals surface area contributed by atoms with Crippen LogP contribution in [-0.4, -0.2) is 68.3 Å². The lowest BCUT2D eigenvalue weighted by atomic mass is 9.70. The molecule has 2 aromatic rings. The van der Waals surface area contributed by atoms with Gasteiger partial charge in [0.1, 0.15) is 6.04 Å². The summed E-state index contributed by atoms with van der Waals surface area (Å²) in [6, 6.07) is 12.4. The van der Waals surface area contributed by atoms with E-state index in [1.165, 1.54) is 0 Å². The first kappa shape index (κ1) is 25.5. The minimum Gasteiger partial charge on any atom is -0.394 e. The van der Waals surface area contributed by atoms with E-state index in [0.717, 1.165) is 10.8 Å². The number of benzene rings is 2. The third kappa shape index (κ3) is 3.94. The Labute approximate surface area is 223 Å². The van der Waals surface area contributed by atoms with Crippen molar-refractivity contribution in [2.75, 3.05) is 19.0 Å². The van der Waals surface area contributed by atoms with Gasteiger partial charge in [-0.15, -0.1) is 11.8 Å². The lowest BCUT2D eigenvalue weighted by molar-refractivity contribution is -0.142. The molecule has 3 heterocycles. The zero-order valence-corrected chi connectivity index (χ0v) is 23.0. The maximum Gasteiger partial charge on any atom is 0.248 e. The molecule has 0 aromatic heterocycles. The van der Waals surface area contributed by atoms with E-state index in [2.05, 4.69) is 26.6 Å². The van der Waals surface area contributed by atoms with Gasteiger partial charge in [0, 0.05) is 22.8 Å². The first-order valence-corrected chi connectivity index (χ1v) is 14.3. The number of rotatable bonds is 7. The minimum atomic E-state index is -0.790. The Kier molecular flexibility index (Phi) is 6.85. The van der Waals surface area contributed by atoms with Gasteiger partial charge in [-0.05, 0) is 41.7 Å². The highest BCUT2D eigenvalue weighted by molar-refractivity contribution is 9.09. The molecular formula is C27H32BrN3O4S. The molecule has 3 N–H and O–H groups in total. The monoisotopic (exact) mass is 573 g/mol. The molecule has 2 aromatic carbocycles. The number of carbonyl (C=O) groups is 3. The van der Waals surface area contributed by atoms with Crippen LogP contribution in [0.25, 0.3) is 10.8 Å². The molecule has 0 saturated carbocycles. The number of aliphatic hydroxyl groups is 1. The number of fused-ring (bicyclic) bond motifs is 2. The smallest absolute Gasteiger partial charge is 0.248 e. The molecule has 1 spiro atoms. The molecule has 3 fully saturated rings. The predicted molar refractivity (Wildman–Crippen MR) is 146 cm³/mol. The molecule has 7 nitrogen and oxygen atoms in total. The van der Waals surface area contributed by atoms with Gasteiger partial charge in [-0.1, -0.05) is 60.1 Å². The standard InChI is InChI=1S/C27H32BrN3O4S/c1-14(2)10-18(13-32)31-23(25(34)30-17-9-8-15-6-4-5-7-16(15)11-17)27-12-19(28)22(36-27)20(24(33)29-3)21(27)26(31)35/h4-9,11,14,18-23,32H,10,12-13H2,1-3H3,(H,29,33)(H,30,34)/t18-,19?,20-,21+,22-,23?,27?/m1/s1. The third-order valence-electron chi connectivity index (χ3n) is 7.89. The van der Waals surface area contributed by atoms with Crippen LogP contribution in [0.5, 0.6) is 0 Å². The summed E-state index contributed by atoms with van der Waals surface area (Å²) in [7, 11) is 1.59. The van der Waals surface area contributed by atoms with Gasteiger partial charge < -0.3 is 20.6 Å². The Balaban J connectivity index is 1.56. The van der Waals surface area contributed by atoms with E-state index < -0.39 is 28.7 Å². The summed E-state index contributed by atoms with van der Waals surface area (Å²) >= 11 is 5.36. The van der Waals surface area contributed by atoms with Crippen molar-refractivity contribution in [3.05, 3.63) is 42.5 Å². The van der Waals surface area contributed by atoms with E-state index >= 15 is 0 Å². The predicted octanol–water partition coefficient (Wildman–Crippen LogP) is 3.40. The molecule has 3 aliphatic heterocycles. The Hall–Kier alpha value is -2.10. The zero-order valence-electron chi connectivity index (χ0n) is 20.6. The minimum absolute atomic E-state index is 0.0162. The molecule has 3 saturated heterocycles. The molecular weight excluding hydrogens is 542 g/mol. The number of halogens is 1. The van der Waals surface area contributed by atoms with Crippen molar-refractivity contribution >= 4 is 61.9 Å². The largest absolute Gasteiger partial charge is 0.394 e. The van der Waals surface area contributed by atoms with Crippen LogP contribution in [-0.2, 0) is 14.4 Å². The van der Waals surface area contributed by atoms with Gasteiger partial charge in [0.2, 0.25) is 17.7 Å². The molecule has 7 atom stereocenters. The van der Waals surface area contributed by atoms with Crippen molar-refractivity contribution in [1.29, 1.82) is 0 Å². The molecule has 192 valence electrons. The van der Waals surface area contributed by atoms with Crippen LogP contribution in [0.15, 0.2) is 42.5 Å². The third-order valence-corrected chi connectivity index (χ3v) is 11.1. The number of hydrogen-bond acceptors (Lipinski definition) is 5. The maximum atomic E-state index is 14.1. The number of amides is 3. The van der Waals surface area contributed by atoms with Gasteiger partial charge >= 0.3 is 0 Å². The molecule has 3 amide bonds. The van der Waals surface area contributed by atoms with Gasteiger partial charge in [0.25, 0.3) is 0 Å². The quantitative estimate of drug-likeness (QED) is 0.441. The topological polar surface area (TPSA) is 98.7 Å². The summed E-state index contributed by atoms with van der Waals surface area (Å²) in [5.41, 5.74) is 0.658. The molecule has 9 heteroatoms. The lowest BCUT2D eigenvalue weighted by Crippen LogP contribution is -2.55. The first-order chi connectivity index (χ1) is 17.2. The van der Waals surface area contributed by atoms with E-state index in [1.54, 1.807) is 23.7 Å². The zero-order chi connectivity index (χ0) is 25.8. The van der Waals surface area contributed by atoms with Gasteiger partial charge in [-0.3, -0.25) is 14.4 Å². The molecule has 0 radical (unpaired) electrons. The highest BCUT2D eigenvalue weighted by Crippen LogP contribution is 2.68. The van der Waals surface area contributed by atoms with Crippen LogP contribution in [0.3, 0.4) is 0 Å². The van der Waals surface area contributed by atoms with Crippen molar-refractivity contribution in [2.24, 2.45) is 17.8 Å². The second-order valence-corrected chi connectivity index (χ2v) is 13.3. The van der Waals surface area contributed by atoms with E-state index in [9.17, 15) is 19.5 Å². The normalized spacial score (nSPS) is 31.7. The van der Waals surface area contributed by atoms with Crippen LogP contribution < -0.4 is 10.6 Å². The SMILES string of the molecule is CNC(=O)[C@H]1[C@@H]2SC3(CC2Br)C(C(=O)Nc2ccc4ccccc4c2)N([C@@H](CO)CC(C)C)C(=O)[C@H]13. The number of thioether (sulfide) groups is 1. The summed E-state index contributed by atoms with van der Waals surface area (Å²) in [6.45, 7) is 3.84. The van der Waals surface area contributed by atoms with Crippen LogP contribution in [0.4, 0.5) is 5.69 Å². The summed E-state index contributed by atoms with van der Waals surface area (Å²) in [5.74, 6) is -1.54. The molecule has 3 unspecified atom stereocenters. The number of aliphatic hydroxyl groups excluding tert-OH is 1. The number of alkyl halides is 1. The molecule has 0 aliphatic carbocycles. The van der Waals surface area contributed by atoms with E-state index in [-0.39, 0.29) is 40.3 Å². The first-order valence-electron chi connectivity index (χ1n) is 12.5. The van der Waals surface area contributed by atoms with Crippen molar-refractivity contribution < 1.29 is 19.5 Å². The highest BCUT2D eigenvalue weighted by Gasteiger charge is 2.76. The van der Waals surface area contributed by atoms with Crippen molar-refractivity contribution in [1.82, 2.24) is 10.2 Å². The Morgan fingerprint density at radius 1 is 1.19 bits per heavy atom. The van der Waals surface area contributed by atoms with Gasteiger partial charge in [0.15, 0.2) is 0 Å². The Morgan fingerprint density at radius 2 is 1.92 bits per heavy atom. The van der Waals surface area contributed by atoms with E-state index in [1.807, 2.05) is 56.3 Å². The number of carbonyl (C=O) groups excluding carboxylic acids is 3. The summed E-state index contributed by atoms with van der Waals surface area (Å²) < 4.78 is -0.738. The highest BCUT2D eigenvalue weighted by atomic mass is 79.9. The molecule has 3 aliphatic rings. The van der Waals surface area contributed by atoms with Crippen molar-refractivity contribution in [3.63, 3.8) is 0 Å². The Morgan fingerprint density at radius 3 is 2.58 bits per heavy atom. The fourth-order valence-corrected chi connectivity index (χ4v) is 10.1. The molecule has 36 heavy (non-hydrogen) atoms. The van der Waals surface area contributed by atoms with Crippen LogP contribution in [0.1, 0.15) is 26.7 Å². The number of likely N-dealkylation sites (tertiary alicyclic amines) is 1. The number of anilines is 1. The fraction of sp³-hybridized carbons (Fsp3) is 0.519. The number of hydrogen-bond donors (Lipinski definition) is 3. The maximum absolute atomic E-state index is 14.1. The van der Waals surface area contributed by atoms with E-state index in [4.69, 9.17) is 0 Å².